The molecule has 0 aliphatic carbocycles. The van der Waals surface area contributed by atoms with Crippen LogP contribution >= 0.6 is 0 Å². The van der Waals surface area contributed by atoms with Crippen LogP contribution in [0.1, 0.15) is 24.1 Å². The second-order valence-electron chi connectivity index (χ2n) is 7.62. The zero-order valence-electron chi connectivity index (χ0n) is 17.1. The molecule has 0 radical (unpaired) electrons. The highest BCUT2D eigenvalue weighted by atomic mass is 32.2. The molecule has 162 valence electrons. The van der Waals surface area contributed by atoms with Gasteiger partial charge >= 0.3 is 5.97 Å². The Morgan fingerprint density at radius 1 is 1.13 bits per heavy atom. The summed E-state index contributed by atoms with van der Waals surface area (Å²) >= 11 is 0. The van der Waals surface area contributed by atoms with Crippen molar-refractivity contribution in [2.75, 3.05) is 13.1 Å². The number of benzene rings is 1. The summed E-state index contributed by atoms with van der Waals surface area (Å²) in [5, 5.41) is 0. The molecule has 0 spiro atoms. The molecule has 0 unspecified atom stereocenters. The SMILES string of the molecule is Cc1ccc2nc(COC(=O)C3CCN(S(=O)(=O)c4ccccc4)CC3)cc(=O)n2c1. The number of nitrogens with zero attached hydrogens (tertiary/aromatic N) is 3. The molecule has 31 heavy (non-hydrogen) atoms. The van der Waals surface area contributed by atoms with E-state index in [-0.39, 0.29) is 36.1 Å². The van der Waals surface area contributed by atoms with Gasteiger partial charge < -0.3 is 4.74 Å². The highest BCUT2D eigenvalue weighted by molar-refractivity contribution is 7.89. The predicted molar refractivity (Wildman–Crippen MR) is 114 cm³/mol. The molecule has 1 saturated heterocycles. The normalized spacial score (nSPS) is 15.8. The van der Waals surface area contributed by atoms with Gasteiger partial charge in [-0.3, -0.25) is 14.0 Å². The first kappa shape index (κ1) is 21.2. The van der Waals surface area contributed by atoms with E-state index >= 15 is 0 Å². The molecule has 0 atom stereocenters. The van der Waals surface area contributed by atoms with Crippen LogP contribution in [-0.2, 0) is 26.2 Å². The molecule has 1 aliphatic heterocycles. The number of piperidine rings is 1. The molecule has 0 saturated carbocycles. The van der Waals surface area contributed by atoms with E-state index in [0.717, 1.165) is 5.56 Å². The molecule has 0 N–H and O–H groups in total. The van der Waals surface area contributed by atoms with Crippen LogP contribution in [0.4, 0.5) is 0 Å². The van der Waals surface area contributed by atoms with Crippen molar-refractivity contribution in [3.05, 3.63) is 76.3 Å². The molecule has 1 fully saturated rings. The second-order valence-corrected chi connectivity index (χ2v) is 9.56. The summed E-state index contributed by atoms with van der Waals surface area (Å²) in [5.74, 6) is -0.783. The van der Waals surface area contributed by atoms with Crippen LogP contribution in [0, 0.1) is 12.8 Å². The summed E-state index contributed by atoms with van der Waals surface area (Å²) in [4.78, 5) is 29.4. The van der Waals surface area contributed by atoms with Gasteiger partial charge in [-0.15, -0.1) is 0 Å². The largest absolute Gasteiger partial charge is 0.459 e. The van der Waals surface area contributed by atoms with Gasteiger partial charge in [0.25, 0.3) is 5.56 Å². The fraction of sp³-hybridized carbons (Fsp3) is 0.318. The Hall–Kier alpha value is -3.04. The lowest BCUT2D eigenvalue weighted by atomic mass is 9.98. The first-order valence-corrected chi connectivity index (χ1v) is 11.5. The van der Waals surface area contributed by atoms with Crippen molar-refractivity contribution >= 4 is 21.6 Å². The van der Waals surface area contributed by atoms with Crippen LogP contribution < -0.4 is 5.56 Å². The van der Waals surface area contributed by atoms with E-state index in [2.05, 4.69) is 4.98 Å². The molecule has 0 bridgehead atoms. The van der Waals surface area contributed by atoms with Gasteiger partial charge in [0.1, 0.15) is 12.3 Å². The predicted octanol–water partition coefficient (Wildman–Crippen LogP) is 2.15. The summed E-state index contributed by atoms with van der Waals surface area (Å²) < 4.78 is 33.6. The average Bonchev–Trinajstić information content (AvgIpc) is 2.78. The summed E-state index contributed by atoms with van der Waals surface area (Å²) in [5.41, 5.74) is 1.57. The molecule has 2 aromatic heterocycles. The third kappa shape index (κ3) is 4.52. The van der Waals surface area contributed by atoms with Gasteiger partial charge in [-0.1, -0.05) is 24.3 Å². The van der Waals surface area contributed by atoms with E-state index in [0.29, 0.717) is 24.2 Å². The fourth-order valence-corrected chi connectivity index (χ4v) is 5.16. The number of aromatic nitrogens is 2. The van der Waals surface area contributed by atoms with E-state index in [4.69, 9.17) is 4.74 Å². The Balaban J connectivity index is 1.36. The quantitative estimate of drug-likeness (QED) is 0.563. The smallest absolute Gasteiger partial charge is 0.309 e. The van der Waals surface area contributed by atoms with E-state index in [1.807, 2.05) is 13.0 Å². The zero-order chi connectivity index (χ0) is 22.0. The van der Waals surface area contributed by atoms with Crippen LogP contribution in [0.3, 0.4) is 0 Å². The molecular formula is C22H23N3O5S. The number of fused-ring (bicyclic) bond motifs is 1. The molecule has 8 nitrogen and oxygen atoms in total. The van der Waals surface area contributed by atoms with E-state index < -0.39 is 16.0 Å². The highest BCUT2D eigenvalue weighted by Gasteiger charge is 2.32. The average molecular weight is 442 g/mol. The number of rotatable bonds is 5. The fourth-order valence-electron chi connectivity index (χ4n) is 3.67. The minimum Gasteiger partial charge on any atom is -0.459 e. The van der Waals surface area contributed by atoms with Crippen molar-refractivity contribution in [1.29, 1.82) is 0 Å². The summed E-state index contributed by atoms with van der Waals surface area (Å²) in [6, 6.07) is 13.2. The number of aryl methyl sites for hydroxylation is 1. The van der Waals surface area contributed by atoms with Crippen molar-refractivity contribution in [3.8, 4) is 0 Å². The van der Waals surface area contributed by atoms with Gasteiger partial charge in [-0.2, -0.15) is 4.31 Å². The number of carbonyl (C=O) groups excluding carboxylic acids is 1. The lowest BCUT2D eigenvalue weighted by Gasteiger charge is -2.30. The lowest BCUT2D eigenvalue weighted by Crippen LogP contribution is -2.40. The minimum atomic E-state index is -3.56. The lowest BCUT2D eigenvalue weighted by molar-refractivity contribution is -0.151. The number of carbonyl (C=O) groups is 1. The maximum Gasteiger partial charge on any atom is 0.309 e. The topological polar surface area (TPSA) is 98.0 Å². The van der Waals surface area contributed by atoms with Crippen molar-refractivity contribution in [2.45, 2.75) is 31.3 Å². The maximum atomic E-state index is 12.7. The molecular weight excluding hydrogens is 418 g/mol. The Kier molecular flexibility index (Phi) is 5.88. The number of pyridine rings is 1. The van der Waals surface area contributed by atoms with Crippen LogP contribution in [0.25, 0.3) is 5.65 Å². The van der Waals surface area contributed by atoms with Gasteiger partial charge in [0.15, 0.2) is 0 Å². The van der Waals surface area contributed by atoms with Crippen LogP contribution in [0.15, 0.2) is 64.4 Å². The standard InChI is InChI=1S/C22H23N3O5S/c1-16-7-8-20-23-18(13-21(26)25(20)14-16)15-30-22(27)17-9-11-24(12-10-17)31(28,29)19-5-3-2-4-6-19/h2-8,13-14,17H,9-12,15H2,1H3. The first-order chi connectivity index (χ1) is 14.8. The molecule has 0 amide bonds. The summed E-state index contributed by atoms with van der Waals surface area (Å²) in [7, 11) is -3.56. The van der Waals surface area contributed by atoms with E-state index in [9.17, 15) is 18.0 Å². The molecule has 1 aromatic carbocycles. The van der Waals surface area contributed by atoms with Gasteiger partial charge in [0, 0.05) is 25.4 Å². The Morgan fingerprint density at radius 2 is 1.84 bits per heavy atom. The second kappa shape index (κ2) is 8.60. The third-order valence-corrected chi connectivity index (χ3v) is 7.30. The van der Waals surface area contributed by atoms with Crippen molar-refractivity contribution in [3.63, 3.8) is 0 Å². The van der Waals surface area contributed by atoms with Crippen LogP contribution in [-0.4, -0.2) is 41.2 Å². The van der Waals surface area contributed by atoms with Crippen LogP contribution in [0.5, 0.6) is 0 Å². The molecule has 3 heterocycles. The van der Waals surface area contributed by atoms with Gasteiger partial charge in [-0.05, 0) is 43.5 Å². The summed E-state index contributed by atoms with van der Waals surface area (Å²) in [6.07, 6.45) is 2.48. The monoisotopic (exact) mass is 441 g/mol. The Morgan fingerprint density at radius 3 is 2.55 bits per heavy atom. The maximum absolute atomic E-state index is 12.7. The number of ether oxygens (including phenoxy) is 1. The minimum absolute atomic E-state index is 0.0963. The van der Waals surface area contributed by atoms with Gasteiger partial charge in [-0.25, -0.2) is 13.4 Å². The van der Waals surface area contributed by atoms with Crippen molar-refractivity contribution < 1.29 is 17.9 Å². The highest BCUT2D eigenvalue weighted by Crippen LogP contribution is 2.24. The van der Waals surface area contributed by atoms with Crippen molar-refractivity contribution in [2.24, 2.45) is 5.92 Å². The van der Waals surface area contributed by atoms with Gasteiger partial charge in [0.2, 0.25) is 10.0 Å². The van der Waals surface area contributed by atoms with Crippen LogP contribution in [0.2, 0.25) is 0 Å². The number of sulfonamides is 1. The Labute approximate surface area is 180 Å². The molecule has 4 rings (SSSR count). The Bertz CT molecular complexity index is 1260. The summed E-state index contributed by atoms with van der Waals surface area (Å²) in [6.45, 7) is 2.30. The first-order valence-electron chi connectivity index (χ1n) is 10.1. The zero-order valence-corrected chi connectivity index (χ0v) is 17.9. The molecule has 9 heteroatoms. The van der Waals surface area contributed by atoms with E-state index in [1.54, 1.807) is 42.6 Å². The number of hydrogen-bond donors (Lipinski definition) is 0. The molecule has 3 aromatic rings. The molecule has 1 aliphatic rings. The van der Waals surface area contributed by atoms with Crippen molar-refractivity contribution in [1.82, 2.24) is 13.7 Å². The third-order valence-electron chi connectivity index (χ3n) is 5.39. The van der Waals surface area contributed by atoms with Gasteiger partial charge in [0.05, 0.1) is 16.5 Å². The number of hydrogen-bond acceptors (Lipinski definition) is 6. The van der Waals surface area contributed by atoms with E-state index in [1.165, 1.54) is 14.8 Å². The number of esters is 1.